The zero-order valence-electron chi connectivity index (χ0n) is 22.3. The smallest absolute Gasteiger partial charge is 0.416 e. The van der Waals surface area contributed by atoms with Gasteiger partial charge in [0.25, 0.3) is 0 Å². The van der Waals surface area contributed by atoms with Crippen LogP contribution in [0.3, 0.4) is 0 Å². The van der Waals surface area contributed by atoms with Gasteiger partial charge in [-0.1, -0.05) is 30.4 Å². The molecule has 0 aromatic heterocycles. The Morgan fingerprint density at radius 1 is 1.12 bits per heavy atom. The second kappa shape index (κ2) is 16.8. The maximum Gasteiger partial charge on any atom is 0.416 e. The van der Waals surface area contributed by atoms with Crippen LogP contribution in [0, 0.1) is 42.4 Å². The standard InChI is InChI=1S/C31H37F3O6/c1-3-10-22(11-4-2)20-40-30(38)15-8-6-5-7-14-26-27(29(37)19-28(26)36)17-16-24(35)21-39-25-13-9-12-23(18-25)31(32,33)34/h1-2,5,7,9,12-13,16-18,22,24,26-29,35-37H,6,8,10-11,14-15,19-21H2/t24-,26-,27-,28+,29-/m1/s1. The maximum absolute atomic E-state index is 12.8. The molecule has 9 heteroatoms. The van der Waals surface area contributed by atoms with Gasteiger partial charge in [0.05, 0.1) is 24.4 Å². The Bertz CT molecular complexity index is 1050. The van der Waals surface area contributed by atoms with Crippen LogP contribution in [-0.2, 0) is 15.7 Å². The number of aliphatic hydroxyl groups is 3. The van der Waals surface area contributed by atoms with Gasteiger partial charge in [-0.2, -0.15) is 13.2 Å². The van der Waals surface area contributed by atoms with Gasteiger partial charge < -0.3 is 24.8 Å². The first kappa shape index (κ1) is 33.0. The van der Waals surface area contributed by atoms with E-state index < -0.39 is 36.0 Å². The summed E-state index contributed by atoms with van der Waals surface area (Å²) in [5.41, 5.74) is -0.848. The number of halogens is 3. The Morgan fingerprint density at radius 3 is 2.52 bits per heavy atom. The van der Waals surface area contributed by atoms with E-state index in [1.54, 1.807) is 6.08 Å². The molecule has 0 bridgehead atoms. The molecule has 1 aliphatic rings. The highest BCUT2D eigenvalue weighted by atomic mass is 19.4. The molecule has 0 saturated heterocycles. The molecule has 40 heavy (non-hydrogen) atoms. The largest absolute Gasteiger partial charge is 0.491 e. The fourth-order valence-corrected chi connectivity index (χ4v) is 4.50. The number of esters is 1. The summed E-state index contributed by atoms with van der Waals surface area (Å²) < 4.78 is 49.1. The van der Waals surface area contributed by atoms with Crippen molar-refractivity contribution in [1.29, 1.82) is 0 Å². The third-order valence-corrected chi connectivity index (χ3v) is 6.67. The highest BCUT2D eigenvalue weighted by Crippen LogP contribution is 2.36. The van der Waals surface area contributed by atoms with E-state index in [1.807, 2.05) is 12.2 Å². The van der Waals surface area contributed by atoms with Crippen molar-refractivity contribution in [2.45, 2.75) is 69.4 Å². The highest BCUT2D eigenvalue weighted by molar-refractivity contribution is 5.69. The Balaban J connectivity index is 1.77. The molecule has 0 radical (unpaired) electrons. The number of aliphatic hydroxyl groups excluding tert-OH is 3. The fourth-order valence-electron chi connectivity index (χ4n) is 4.50. The zero-order chi connectivity index (χ0) is 29.5. The molecule has 2 rings (SSSR count). The van der Waals surface area contributed by atoms with Crippen molar-refractivity contribution in [2.75, 3.05) is 13.2 Å². The molecule has 1 aromatic rings. The van der Waals surface area contributed by atoms with E-state index in [0.717, 1.165) is 12.1 Å². The molecule has 5 atom stereocenters. The molecule has 1 aromatic carbocycles. The number of alkyl halides is 3. The number of terminal acetylenes is 2. The van der Waals surface area contributed by atoms with Crippen LogP contribution < -0.4 is 4.74 Å². The van der Waals surface area contributed by atoms with Crippen molar-refractivity contribution in [3.8, 4) is 30.4 Å². The summed E-state index contributed by atoms with van der Waals surface area (Å²) in [7, 11) is 0. The van der Waals surface area contributed by atoms with Gasteiger partial charge in [0, 0.05) is 37.5 Å². The number of hydrogen-bond acceptors (Lipinski definition) is 6. The average molecular weight is 563 g/mol. The van der Waals surface area contributed by atoms with E-state index in [9.17, 15) is 33.3 Å². The molecule has 1 aliphatic carbocycles. The average Bonchev–Trinajstić information content (AvgIpc) is 3.18. The number of hydrogen-bond donors (Lipinski definition) is 3. The molecule has 1 saturated carbocycles. The van der Waals surface area contributed by atoms with E-state index in [2.05, 4.69) is 11.8 Å². The third kappa shape index (κ3) is 11.5. The van der Waals surface area contributed by atoms with Crippen molar-refractivity contribution in [3.63, 3.8) is 0 Å². The summed E-state index contributed by atoms with van der Waals surface area (Å²) >= 11 is 0. The first-order valence-electron chi connectivity index (χ1n) is 13.2. The van der Waals surface area contributed by atoms with Crippen LogP contribution in [0.4, 0.5) is 13.2 Å². The monoisotopic (exact) mass is 562 g/mol. The van der Waals surface area contributed by atoms with Gasteiger partial charge in [-0.25, -0.2) is 0 Å². The van der Waals surface area contributed by atoms with Gasteiger partial charge in [0.15, 0.2) is 0 Å². The molecule has 0 heterocycles. The predicted octanol–water partition coefficient (Wildman–Crippen LogP) is 4.68. The second-order valence-electron chi connectivity index (χ2n) is 9.87. The number of benzene rings is 1. The molecule has 0 spiro atoms. The van der Waals surface area contributed by atoms with Crippen LogP contribution >= 0.6 is 0 Å². The summed E-state index contributed by atoms with van der Waals surface area (Å²) in [6, 6.07) is 4.38. The molecule has 1 fully saturated rings. The summed E-state index contributed by atoms with van der Waals surface area (Å²) in [6.07, 6.45) is 13.3. The lowest BCUT2D eigenvalue weighted by Crippen LogP contribution is -2.21. The summed E-state index contributed by atoms with van der Waals surface area (Å²) in [4.78, 5) is 11.9. The Labute approximate surface area is 233 Å². The molecular weight excluding hydrogens is 525 g/mol. The van der Waals surface area contributed by atoms with Crippen LogP contribution in [-0.4, -0.2) is 52.8 Å². The van der Waals surface area contributed by atoms with Gasteiger partial charge in [-0.15, -0.1) is 24.7 Å². The number of carbonyl (C=O) groups excluding carboxylic acids is 1. The van der Waals surface area contributed by atoms with Crippen LogP contribution in [0.5, 0.6) is 5.75 Å². The van der Waals surface area contributed by atoms with Crippen LogP contribution in [0.15, 0.2) is 48.6 Å². The number of carbonyl (C=O) groups is 1. The first-order valence-corrected chi connectivity index (χ1v) is 13.2. The zero-order valence-corrected chi connectivity index (χ0v) is 22.3. The van der Waals surface area contributed by atoms with Gasteiger partial charge in [0.1, 0.15) is 18.5 Å². The Hall–Kier alpha value is -3.24. The van der Waals surface area contributed by atoms with Crippen LogP contribution in [0.25, 0.3) is 0 Å². The SMILES string of the molecule is C#CCC(CC#C)COC(=O)CCCC=CC[C@@H]1[C@@H](C=C[C@@H](O)COc2cccc(C(F)(F)F)c2)[C@H](O)C[C@@H]1O. The number of allylic oxidation sites excluding steroid dienone is 2. The van der Waals surface area contributed by atoms with Crippen molar-refractivity contribution < 1.29 is 42.8 Å². The number of rotatable bonds is 15. The second-order valence-corrected chi connectivity index (χ2v) is 9.87. The topological polar surface area (TPSA) is 96.2 Å². The summed E-state index contributed by atoms with van der Waals surface area (Å²) in [5, 5.41) is 31.0. The van der Waals surface area contributed by atoms with E-state index in [-0.39, 0.29) is 49.6 Å². The van der Waals surface area contributed by atoms with Gasteiger partial charge >= 0.3 is 12.1 Å². The van der Waals surface area contributed by atoms with E-state index in [4.69, 9.17) is 22.3 Å². The van der Waals surface area contributed by atoms with Gasteiger partial charge in [-0.05, 0) is 43.4 Å². The lowest BCUT2D eigenvalue weighted by atomic mass is 9.89. The molecule has 0 aliphatic heterocycles. The van der Waals surface area contributed by atoms with Crippen LogP contribution in [0.1, 0.15) is 50.5 Å². The van der Waals surface area contributed by atoms with E-state index >= 15 is 0 Å². The van der Waals surface area contributed by atoms with E-state index in [0.29, 0.717) is 32.1 Å². The lowest BCUT2D eigenvalue weighted by Gasteiger charge is -2.19. The Kier molecular flexibility index (Phi) is 13.8. The van der Waals surface area contributed by atoms with Crippen molar-refractivity contribution in [1.82, 2.24) is 0 Å². The van der Waals surface area contributed by atoms with Crippen LogP contribution in [0.2, 0.25) is 0 Å². The van der Waals surface area contributed by atoms with E-state index in [1.165, 1.54) is 18.2 Å². The summed E-state index contributed by atoms with van der Waals surface area (Å²) in [5.74, 6) is 3.96. The van der Waals surface area contributed by atoms with Gasteiger partial charge in [-0.3, -0.25) is 4.79 Å². The minimum Gasteiger partial charge on any atom is -0.491 e. The fraction of sp³-hybridized carbons (Fsp3) is 0.516. The molecule has 6 nitrogen and oxygen atoms in total. The lowest BCUT2D eigenvalue weighted by molar-refractivity contribution is -0.145. The predicted molar refractivity (Wildman–Crippen MR) is 145 cm³/mol. The Morgan fingerprint density at radius 2 is 1.85 bits per heavy atom. The van der Waals surface area contributed by atoms with Crippen molar-refractivity contribution >= 4 is 5.97 Å². The highest BCUT2D eigenvalue weighted by Gasteiger charge is 2.39. The normalized spacial score (nSPS) is 21.9. The first-order chi connectivity index (χ1) is 19.0. The molecule has 218 valence electrons. The number of unbranched alkanes of at least 4 members (excludes halogenated alkanes) is 1. The molecule has 3 N–H and O–H groups in total. The third-order valence-electron chi connectivity index (χ3n) is 6.67. The number of ether oxygens (including phenoxy) is 2. The minimum absolute atomic E-state index is 0.0214. The molecular formula is C31H37F3O6. The minimum atomic E-state index is -4.50. The quantitative estimate of drug-likeness (QED) is 0.124. The van der Waals surface area contributed by atoms with Gasteiger partial charge in [0.2, 0.25) is 0 Å². The molecule has 0 amide bonds. The molecule has 0 unspecified atom stereocenters. The summed E-state index contributed by atoms with van der Waals surface area (Å²) in [6.45, 7) is -0.0728. The van der Waals surface area contributed by atoms with Crippen molar-refractivity contribution in [2.24, 2.45) is 17.8 Å². The maximum atomic E-state index is 12.8. The van der Waals surface area contributed by atoms with Crippen molar-refractivity contribution in [3.05, 3.63) is 54.1 Å².